The largest absolute Gasteiger partial charge is 0.481 e. The van der Waals surface area contributed by atoms with Crippen LogP contribution in [0.4, 0.5) is 5.00 Å². The molecule has 2 heterocycles. The Bertz CT molecular complexity index is 883. The molecule has 2 N–H and O–H groups in total. The second-order valence-corrected chi connectivity index (χ2v) is 10.5. The van der Waals surface area contributed by atoms with Crippen molar-refractivity contribution in [3.8, 4) is 0 Å². The van der Waals surface area contributed by atoms with Gasteiger partial charge in [0.25, 0.3) is 5.91 Å². The number of carbonyl (C=O) groups excluding carboxylic acids is 2. The van der Waals surface area contributed by atoms with E-state index in [0.29, 0.717) is 36.9 Å². The standard InChI is InChI=1S/C23H30N2O5S/c26-20(17-13-5-7-14(8-6-13)18(17)23(28)29)24-21-19(15-3-1-2-4-16(15)31-21)22(27)25-9-11-30-12-10-25/h13-14,17-18H,1-12H2,(H,24,26)(H,28,29)/t13?,14?,17-,18-/m1/s1. The van der Waals surface area contributed by atoms with E-state index in [0.717, 1.165) is 56.9 Å². The Labute approximate surface area is 186 Å². The molecule has 1 aromatic rings. The van der Waals surface area contributed by atoms with E-state index < -0.39 is 17.8 Å². The Morgan fingerprint density at radius 1 is 0.968 bits per heavy atom. The molecule has 168 valence electrons. The lowest BCUT2D eigenvalue weighted by atomic mass is 9.58. The number of rotatable bonds is 4. The molecule has 1 saturated heterocycles. The van der Waals surface area contributed by atoms with Crippen LogP contribution in [0, 0.1) is 23.7 Å². The van der Waals surface area contributed by atoms with Gasteiger partial charge in [-0.15, -0.1) is 11.3 Å². The molecule has 2 bridgehead atoms. The van der Waals surface area contributed by atoms with Crippen LogP contribution in [0.1, 0.15) is 59.3 Å². The van der Waals surface area contributed by atoms with E-state index in [2.05, 4.69) is 5.32 Å². The van der Waals surface area contributed by atoms with Crippen molar-refractivity contribution in [1.29, 1.82) is 0 Å². The van der Waals surface area contributed by atoms with Crippen molar-refractivity contribution < 1.29 is 24.2 Å². The maximum Gasteiger partial charge on any atom is 0.307 e. The summed E-state index contributed by atoms with van der Waals surface area (Å²) >= 11 is 1.52. The minimum absolute atomic E-state index is 0.0297. The Morgan fingerprint density at radius 2 is 1.61 bits per heavy atom. The van der Waals surface area contributed by atoms with Crippen LogP contribution in [0.25, 0.3) is 0 Å². The van der Waals surface area contributed by atoms with Gasteiger partial charge in [-0.25, -0.2) is 0 Å². The van der Waals surface area contributed by atoms with E-state index in [1.54, 1.807) is 0 Å². The summed E-state index contributed by atoms with van der Waals surface area (Å²) in [5.74, 6) is -2.00. The lowest BCUT2D eigenvalue weighted by molar-refractivity contribution is -0.156. The first kappa shape index (κ1) is 20.9. The number of anilines is 1. The third-order valence-electron chi connectivity index (χ3n) is 7.73. The minimum atomic E-state index is -0.857. The van der Waals surface area contributed by atoms with Gasteiger partial charge in [-0.3, -0.25) is 14.4 Å². The summed E-state index contributed by atoms with van der Waals surface area (Å²) in [6.07, 6.45) is 7.59. The molecule has 2 amide bonds. The summed E-state index contributed by atoms with van der Waals surface area (Å²) in [4.78, 5) is 41.9. The van der Waals surface area contributed by atoms with Gasteiger partial charge < -0.3 is 20.1 Å². The van der Waals surface area contributed by atoms with Crippen LogP contribution in [-0.4, -0.2) is 54.1 Å². The lowest BCUT2D eigenvalue weighted by Gasteiger charge is -2.45. The number of carboxylic acids is 1. The van der Waals surface area contributed by atoms with Crippen molar-refractivity contribution in [3.63, 3.8) is 0 Å². The zero-order valence-corrected chi connectivity index (χ0v) is 18.5. The highest BCUT2D eigenvalue weighted by atomic mass is 32.1. The van der Waals surface area contributed by atoms with Crippen LogP contribution in [0.3, 0.4) is 0 Å². The molecule has 4 aliphatic carbocycles. The van der Waals surface area contributed by atoms with E-state index >= 15 is 0 Å². The van der Waals surface area contributed by atoms with Crippen molar-refractivity contribution in [3.05, 3.63) is 16.0 Å². The fourth-order valence-corrected chi connectivity index (χ4v) is 7.47. The summed E-state index contributed by atoms with van der Waals surface area (Å²) in [5.41, 5.74) is 1.73. The zero-order valence-electron chi connectivity index (χ0n) is 17.7. The average molecular weight is 447 g/mol. The van der Waals surface area contributed by atoms with Gasteiger partial charge in [-0.2, -0.15) is 0 Å². The number of amides is 2. The normalized spacial score (nSPS) is 30.0. The van der Waals surface area contributed by atoms with Crippen molar-refractivity contribution in [2.75, 3.05) is 31.6 Å². The second-order valence-electron chi connectivity index (χ2n) is 9.37. The smallest absolute Gasteiger partial charge is 0.307 e. The van der Waals surface area contributed by atoms with Crippen LogP contribution in [-0.2, 0) is 27.2 Å². The molecule has 0 aromatic carbocycles. The molecule has 0 radical (unpaired) electrons. The first-order chi connectivity index (χ1) is 15.0. The van der Waals surface area contributed by atoms with Crippen LogP contribution in [0.5, 0.6) is 0 Å². The van der Waals surface area contributed by atoms with Gasteiger partial charge in [-0.05, 0) is 68.8 Å². The summed E-state index contributed by atoms with van der Waals surface area (Å²) < 4.78 is 5.40. The van der Waals surface area contributed by atoms with Gasteiger partial charge >= 0.3 is 5.97 Å². The Morgan fingerprint density at radius 3 is 2.29 bits per heavy atom. The number of nitrogens with one attached hydrogen (secondary N) is 1. The zero-order chi connectivity index (χ0) is 21.5. The minimum Gasteiger partial charge on any atom is -0.481 e. The number of nitrogens with zero attached hydrogens (tertiary/aromatic N) is 1. The summed E-state index contributed by atoms with van der Waals surface area (Å²) in [5, 5.41) is 13.5. The highest BCUT2D eigenvalue weighted by Crippen LogP contribution is 2.50. The number of aliphatic carboxylic acids is 1. The molecule has 8 heteroatoms. The molecule has 7 nitrogen and oxygen atoms in total. The first-order valence-corrected chi connectivity index (χ1v) is 12.4. The number of ether oxygens (including phenoxy) is 1. The Balaban J connectivity index is 1.44. The summed E-state index contributed by atoms with van der Waals surface area (Å²) in [7, 11) is 0. The highest BCUT2D eigenvalue weighted by Gasteiger charge is 2.50. The highest BCUT2D eigenvalue weighted by molar-refractivity contribution is 7.17. The summed E-state index contributed by atoms with van der Waals surface area (Å²) in [6, 6.07) is 0. The quantitative estimate of drug-likeness (QED) is 0.741. The monoisotopic (exact) mass is 446 g/mol. The molecule has 0 spiro atoms. The third-order valence-corrected chi connectivity index (χ3v) is 8.93. The number of morpholine rings is 1. The van der Waals surface area contributed by atoms with Gasteiger partial charge in [0.15, 0.2) is 0 Å². The van der Waals surface area contributed by atoms with Gasteiger partial charge in [0.1, 0.15) is 5.00 Å². The molecule has 2 atom stereocenters. The molecule has 4 fully saturated rings. The van der Waals surface area contributed by atoms with Gasteiger partial charge in [0.05, 0.1) is 30.6 Å². The number of carboxylic acid groups (broad SMARTS) is 1. The third kappa shape index (κ3) is 3.78. The topological polar surface area (TPSA) is 95.9 Å². The predicted molar refractivity (Wildman–Crippen MR) is 116 cm³/mol. The van der Waals surface area contributed by atoms with Crippen LogP contribution in [0.2, 0.25) is 0 Å². The van der Waals surface area contributed by atoms with Crippen LogP contribution >= 0.6 is 11.3 Å². The number of hydrogen-bond donors (Lipinski definition) is 2. The maximum atomic E-state index is 13.4. The average Bonchev–Trinajstić information content (AvgIpc) is 3.16. The molecule has 31 heavy (non-hydrogen) atoms. The summed E-state index contributed by atoms with van der Waals surface area (Å²) in [6.45, 7) is 2.19. The van der Waals surface area contributed by atoms with E-state index in [-0.39, 0.29) is 23.7 Å². The van der Waals surface area contributed by atoms with Crippen molar-refractivity contribution in [2.24, 2.45) is 23.7 Å². The molecule has 6 rings (SSSR count). The maximum absolute atomic E-state index is 13.4. The molecule has 5 aliphatic rings. The van der Waals surface area contributed by atoms with Gasteiger partial charge in [0.2, 0.25) is 5.91 Å². The van der Waals surface area contributed by atoms with E-state index in [1.807, 2.05) is 4.90 Å². The van der Waals surface area contributed by atoms with E-state index in [9.17, 15) is 19.5 Å². The van der Waals surface area contributed by atoms with Crippen molar-refractivity contribution in [2.45, 2.75) is 51.4 Å². The Hall–Kier alpha value is -1.93. The number of thiophene rings is 1. The number of carbonyl (C=O) groups is 3. The molecule has 1 aliphatic heterocycles. The Kier molecular flexibility index (Phi) is 5.77. The number of hydrogen-bond acceptors (Lipinski definition) is 5. The SMILES string of the molecule is O=C(O)[C@@H]1C2CCC(CC2)[C@H]1C(=O)Nc1sc2c(c1C(=O)N1CCOCC1)CCCC2. The molecule has 0 unspecified atom stereocenters. The molecular weight excluding hydrogens is 416 g/mol. The fraction of sp³-hybridized carbons (Fsp3) is 0.696. The molecule has 1 aromatic heterocycles. The van der Waals surface area contributed by atoms with Crippen LogP contribution in [0.15, 0.2) is 0 Å². The predicted octanol–water partition coefficient (Wildman–Crippen LogP) is 3.17. The number of aryl methyl sites for hydroxylation is 1. The lowest BCUT2D eigenvalue weighted by Crippen LogP contribution is -2.49. The molecular formula is C23H30N2O5S. The van der Waals surface area contributed by atoms with E-state index in [1.165, 1.54) is 16.2 Å². The van der Waals surface area contributed by atoms with Crippen LogP contribution < -0.4 is 5.32 Å². The first-order valence-electron chi connectivity index (χ1n) is 11.6. The second kappa shape index (κ2) is 8.54. The fourth-order valence-electron chi connectivity index (χ4n) is 6.18. The van der Waals surface area contributed by atoms with Crippen molar-refractivity contribution in [1.82, 2.24) is 4.90 Å². The van der Waals surface area contributed by atoms with Gasteiger partial charge in [0, 0.05) is 18.0 Å². The van der Waals surface area contributed by atoms with E-state index in [4.69, 9.17) is 4.74 Å². The molecule has 3 saturated carbocycles. The van der Waals surface area contributed by atoms with Gasteiger partial charge in [-0.1, -0.05) is 0 Å². The number of fused-ring (bicyclic) bond motifs is 4. The van der Waals surface area contributed by atoms with Crippen molar-refractivity contribution >= 4 is 34.1 Å².